The first-order chi connectivity index (χ1) is 10.7. The predicted octanol–water partition coefficient (Wildman–Crippen LogP) is 6.11. The summed E-state index contributed by atoms with van der Waals surface area (Å²) in [7, 11) is -1.11. The van der Waals surface area contributed by atoms with Crippen molar-refractivity contribution in [3.8, 4) is 0 Å². The van der Waals surface area contributed by atoms with E-state index in [0.29, 0.717) is 0 Å². The van der Waals surface area contributed by atoms with Crippen molar-refractivity contribution >= 4 is 7.12 Å². The molecule has 0 aromatic carbocycles. The van der Waals surface area contributed by atoms with Gasteiger partial charge in [0.1, 0.15) is 0 Å². The van der Waals surface area contributed by atoms with Crippen LogP contribution in [-0.4, -0.2) is 17.2 Å². The van der Waals surface area contributed by atoms with Gasteiger partial charge in [-0.15, -0.1) is 0 Å². The summed E-state index contributed by atoms with van der Waals surface area (Å²) in [5, 5.41) is 19.0. The molecule has 0 amide bonds. The first kappa shape index (κ1) is 22.0. The molecule has 2 N–H and O–H groups in total. The van der Waals surface area contributed by atoms with Crippen LogP contribution in [0, 0.1) is 0 Å². The highest BCUT2D eigenvalue weighted by Crippen LogP contribution is 2.25. The van der Waals surface area contributed by atoms with E-state index in [0.717, 1.165) is 25.7 Å². The lowest BCUT2D eigenvalue weighted by molar-refractivity contribution is 0.364. The lowest BCUT2D eigenvalue weighted by Gasteiger charge is -2.15. The molecule has 0 saturated carbocycles. The number of hydrogen-bond acceptors (Lipinski definition) is 2. The molecule has 0 aromatic heterocycles. The van der Waals surface area contributed by atoms with Gasteiger partial charge in [0.05, 0.1) is 0 Å². The van der Waals surface area contributed by atoms with Crippen LogP contribution in [0.15, 0.2) is 0 Å². The lowest BCUT2D eigenvalue weighted by atomic mass is 9.67. The van der Waals surface area contributed by atoms with Crippen LogP contribution in [0.25, 0.3) is 0 Å². The fourth-order valence-corrected chi connectivity index (χ4v) is 3.17. The van der Waals surface area contributed by atoms with Crippen LogP contribution in [0.1, 0.15) is 117 Å². The van der Waals surface area contributed by atoms with Crippen molar-refractivity contribution in [1.29, 1.82) is 0 Å². The van der Waals surface area contributed by atoms with Crippen LogP contribution in [-0.2, 0) is 0 Å². The van der Waals surface area contributed by atoms with Gasteiger partial charge in [-0.3, -0.25) is 0 Å². The highest BCUT2D eigenvalue weighted by molar-refractivity contribution is 6.43. The summed E-state index contributed by atoms with van der Waals surface area (Å²) in [6, 6.07) is 0. The van der Waals surface area contributed by atoms with Gasteiger partial charge < -0.3 is 10.0 Å². The molecule has 3 heteroatoms. The molecular weight excluding hydrogens is 271 g/mol. The Bertz CT molecular complexity index is 192. The zero-order valence-electron chi connectivity index (χ0n) is 15.4. The van der Waals surface area contributed by atoms with E-state index >= 15 is 0 Å². The van der Waals surface area contributed by atoms with Crippen molar-refractivity contribution in [2.45, 2.75) is 122 Å². The van der Waals surface area contributed by atoms with Gasteiger partial charge in [-0.1, -0.05) is 117 Å². The Hall–Kier alpha value is -0.0151. The van der Waals surface area contributed by atoms with Crippen molar-refractivity contribution in [2.24, 2.45) is 0 Å². The number of hydrogen-bond donors (Lipinski definition) is 2. The standard InChI is InChI=1S/C19H41BO2/c1-3-5-7-9-11-13-15-17-19(20(21)22)18-16-14-12-10-8-6-4-2/h19,21-22H,3-18H2,1-2H3. The Kier molecular flexibility index (Phi) is 17.3. The van der Waals surface area contributed by atoms with Gasteiger partial charge in [-0.05, 0) is 5.82 Å². The first-order valence-electron chi connectivity index (χ1n) is 10.1. The molecule has 0 fully saturated rings. The molecule has 0 unspecified atom stereocenters. The molecule has 0 aliphatic carbocycles. The maximum Gasteiger partial charge on any atom is 0.454 e. The van der Waals surface area contributed by atoms with E-state index in [1.165, 1.54) is 77.0 Å². The van der Waals surface area contributed by atoms with E-state index in [1.54, 1.807) is 0 Å². The van der Waals surface area contributed by atoms with E-state index in [-0.39, 0.29) is 5.82 Å². The van der Waals surface area contributed by atoms with Gasteiger partial charge in [0.25, 0.3) is 0 Å². The van der Waals surface area contributed by atoms with Crippen molar-refractivity contribution in [2.75, 3.05) is 0 Å². The monoisotopic (exact) mass is 312 g/mol. The fraction of sp³-hybridized carbons (Fsp3) is 1.00. The minimum Gasteiger partial charge on any atom is -0.427 e. The molecule has 132 valence electrons. The summed E-state index contributed by atoms with van der Waals surface area (Å²) in [5.74, 6) is 0.103. The average Bonchev–Trinajstić information content (AvgIpc) is 2.50. The van der Waals surface area contributed by atoms with Crippen molar-refractivity contribution < 1.29 is 10.0 Å². The molecule has 0 aromatic rings. The highest BCUT2D eigenvalue weighted by Gasteiger charge is 2.21. The third-order valence-electron chi connectivity index (χ3n) is 4.78. The first-order valence-corrected chi connectivity index (χ1v) is 10.1. The van der Waals surface area contributed by atoms with Crippen LogP contribution in [0.5, 0.6) is 0 Å². The van der Waals surface area contributed by atoms with Crippen molar-refractivity contribution in [1.82, 2.24) is 0 Å². The second kappa shape index (κ2) is 17.3. The summed E-state index contributed by atoms with van der Waals surface area (Å²) in [6.45, 7) is 4.49. The zero-order valence-corrected chi connectivity index (χ0v) is 15.4. The summed E-state index contributed by atoms with van der Waals surface area (Å²) in [4.78, 5) is 0. The van der Waals surface area contributed by atoms with E-state index in [4.69, 9.17) is 0 Å². The molecule has 0 saturated heterocycles. The van der Waals surface area contributed by atoms with Crippen LogP contribution in [0.2, 0.25) is 5.82 Å². The Morgan fingerprint density at radius 1 is 0.545 bits per heavy atom. The summed E-state index contributed by atoms with van der Waals surface area (Å²) < 4.78 is 0. The number of rotatable bonds is 17. The average molecular weight is 312 g/mol. The molecular formula is C19H41BO2. The molecule has 0 aliphatic heterocycles. The summed E-state index contributed by atoms with van der Waals surface area (Å²) in [6.07, 6.45) is 20.2. The van der Waals surface area contributed by atoms with E-state index in [9.17, 15) is 10.0 Å². The van der Waals surface area contributed by atoms with E-state index < -0.39 is 7.12 Å². The predicted molar refractivity (Wildman–Crippen MR) is 99.2 cm³/mol. The molecule has 22 heavy (non-hydrogen) atoms. The lowest BCUT2D eigenvalue weighted by Crippen LogP contribution is -2.20. The van der Waals surface area contributed by atoms with Crippen LogP contribution >= 0.6 is 0 Å². The minimum absolute atomic E-state index is 0.103. The molecule has 0 radical (unpaired) electrons. The summed E-state index contributed by atoms with van der Waals surface area (Å²) in [5.41, 5.74) is 0. The van der Waals surface area contributed by atoms with Gasteiger partial charge >= 0.3 is 7.12 Å². The second-order valence-electron chi connectivity index (χ2n) is 6.99. The Balaban J connectivity index is 3.49. The largest absolute Gasteiger partial charge is 0.454 e. The minimum atomic E-state index is -1.11. The van der Waals surface area contributed by atoms with Gasteiger partial charge in [0.2, 0.25) is 0 Å². The van der Waals surface area contributed by atoms with Crippen LogP contribution in [0.4, 0.5) is 0 Å². The molecule has 0 heterocycles. The second-order valence-corrected chi connectivity index (χ2v) is 6.99. The van der Waals surface area contributed by atoms with Gasteiger partial charge in [0, 0.05) is 0 Å². The Morgan fingerprint density at radius 3 is 1.18 bits per heavy atom. The van der Waals surface area contributed by atoms with Gasteiger partial charge in [0.15, 0.2) is 0 Å². The Labute approximate surface area is 140 Å². The molecule has 0 spiro atoms. The van der Waals surface area contributed by atoms with Gasteiger partial charge in [-0.2, -0.15) is 0 Å². The molecule has 2 nitrogen and oxygen atoms in total. The van der Waals surface area contributed by atoms with E-state index in [1.807, 2.05) is 0 Å². The zero-order chi connectivity index (χ0) is 16.5. The van der Waals surface area contributed by atoms with Crippen molar-refractivity contribution in [3.63, 3.8) is 0 Å². The summed E-state index contributed by atoms with van der Waals surface area (Å²) >= 11 is 0. The highest BCUT2D eigenvalue weighted by atomic mass is 16.4. The molecule has 0 bridgehead atoms. The fourth-order valence-electron chi connectivity index (χ4n) is 3.17. The Morgan fingerprint density at radius 2 is 0.864 bits per heavy atom. The maximum absolute atomic E-state index is 9.51. The quantitative estimate of drug-likeness (QED) is 0.251. The molecule has 0 rings (SSSR count). The molecule has 0 atom stereocenters. The third kappa shape index (κ3) is 14.9. The SMILES string of the molecule is CCCCCCCCCC(CCCCCCCCC)B(O)O. The topological polar surface area (TPSA) is 40.5 Å². The van der Waals surface area contributed by atoms with Crippen molar-refractivity contribution in [3.05, 3.63) is 0 Å². The number of unbranched alkanes of at least 4 members (excludes halogenated alkanes) is 12. The maximum atomic E-state index is 9.51. The van der Waals surface area contributed by atoms with E-state index in [2.05, 4.69) is 13.8 Å². The van der Waals surface area contributed by atoms with Crippen LogP contribution < -0.4 is 0 Å². The van der Waals surface area contributed by atoms with Crippen LogP contribution in [0.3, 0.4) is 0 Å². The van der Waals surface area contributed by atoms with Gasteiger partial charge in [-0.25, -0.2) is 0 Å². The third-order valence-corrected chi connectivity index (χ3v) is 4.78. The normalized spacial score (nSPS) is 11.3. The molecule has 0 aliphatic rings. The smallest absolute Gasteiger partial charge is 0.427 e.